The van der Waals surface area contributed by atoms with Crippen molar-refractivity contribution >= 4 is 11.0 Å². The molecule has 0 aliphatic carbocycles. The van der Waals surface area contributed by atoms with E-state index in [-0.39, 0.29) is 5.56 Å². The summed E-state index contributed by atoms with van der Waals surface area (Å²) in [5.41, 5.74) is 3.68. The Labute approximate surface area is 109 Å². The zero-order chi connectivity index (χ0) is 13.6. The van der Waals surface area contributed by atoms with Crippen LogP contribution in [0.4, 0.5) is 0 Å². The van der Waals surface area contributed by atoms with E-state index in [2.05, 4.69) is 21.1 Å². The van der Waals surface area contributed by atoms with E-state index >= 15 is 0 Å². The first-order chi connectivity index (χ1) is 9.06. The summed E-state index contributed by atoms with van der Waals surface area (Å²) < 4.78 is 1.71. The summed E-state index contributed by atoms with van der Waals surface area (Å²) in [5.74, 6) is 0.587. The van der Waals surface area contributed by atoms with Gasteiger partial charge in [0.05, 0.1) is 11.9 Å². The largest absolute Gasteiger partial charge is 0.310 e. The van der Waals surface area contributed by atoms with Crippen LogP contribution in [0.2, 0.25) is 0 Å². The number of rotatable bonds is 1. The van der Waals surface area contributed by atoms with Gasteiger partial charge >= 0.3 is 0 Å². The number of fused-ring (bicyclic) bond motifs is 1. The number of benzene rings is 1. The van der Waals surface area contributed by atoms with Crippen molar-refractivity contribution in [2.45, 2.75) is 20.8 Å². The lowest BCUT2D eigenvalue weighted by molar-refractivity contribution is 0.880. The van der Waals surface area contributed by atoms with Crippen LogP contribution in [0.5, 0.6) is 0 Å². The van der Waals surface area contributed by atoms with Crippen LogP contribution >= 0.6 is 0 Å². The minimum absolute atomic E-state index is 0.154. The summed E-state index contributed by atoms with van der Waals surface area (Å²) in [4.78, 5) is 18.9. The number of aromatic amines is 1. The first-order valence-corrected chi connectivity index (χ1v) is 6.08. The van der Waals surface area contributed by atoms with Gasteiger partial charge in [-0.25, -0.2) is 9.67 Å². The lowest BCUT2D eigenvalue weighted by Crippen LogP contribution is -2.10. The molecule has 2 aromatic heterocycles. The molecule has 0 aliphatic heterocycles. The number of hydrogen-bond acceptors (Lipinski definition) is 3. The molecule has 0 saturated heterocycles. The molecule has 0 spiro atoms. The van der Waals surface area contributed by atoms with Crippen LogP contribution in [0.15, 0.2) is 29.2 Å². The second-order valence-electron chi connectivity index (χ2n) is 4.73. The summed E-state index contributed by atoms with van der Waals surface area (Å²) in [6.07, 6.45) is 1.56. The number of aromatic nitrogens is 4. The normalized spacial score (nSPS) is 11.1. The van der Waals surface area contributed by atoms with Gasteiger partial charge in [-0.3, -0.25) is 4.79 Å². The Hall–Kier alpha value is -2.43. The van der Waals surface area contributed by atoms with Crippen molar-refractivity contribution < 1.29 is 0 Å². The second-order valence-corrected chi connectivity index (χ2v) is 4.73. The van der Waals surface area contributed by atoms with Crippen LogP contribution in [0.1, 0.15) is 17.0 Å². The first kappa shape index (κ1) is 11.6. The lowest BCUT2D eigenvalue weighted by atomic mass is 10.1. The fourth-order valence-electron chi connectivity index (χ4n) is 2.25. The van der Waals surface area contributed by atoms with E-state index in [1.807, 2.05) is 26.0 Å². The summed E-state index contributed by atoms with van der Waals surface area (Å²) >= 11 is 0. The Bertz CT molecular complexity index is 829. The van der Waals surface area contributed by atoms with Crippen LogP contribution < -0.4 is 5.56 Å². The predicted molar refractivity (Wildman–Crippen MR) is 73.7 cm³/mol. The Balaban J connectivity index is 2.34. The van der Waals surface area contributed by atoms with Gasteiger partial charge in [-0.1, -0.05) is 17.7 Å². The quantitative estimate of drug-likeness (QED) is 0.722. The van der Waals surface area contributed by atoms with Gasteiger partial charge in [-0.05, 0) is 32.4 Å². The smallest absolute Gasteiger partial charge is 0.262 e. The Kier molecular flexibility index (Phi) is 2.48. The van der Waals surface area contributed by atoms with E-state index in [4.69, 9.17) is 0 Å². The van der Waals surface area contributed by atoms with Crippen LogP contribution in [-0.4, -0.2) is 19.7 Å². The molecule has 0 saturated carbocycles. The SMILES string of the molecule is Cc1ccc(-n2ncc3c(=O)[nH]c(C)nc32)c(C)c1. The third kappa shape index (κ3) is 1.83. The number of aryl methyl sites for hydroxylation is 3. The minimum atomic E-state index is -0.154. The monoisotopic (exact) mass is 254 g/mol. The van der Waals surface area contributed by atoms with Crippen molar-refractivity contribution in [1.29, 1.82) is 0 Å². The van der Waals surface area contributed by atoms with Gasteiger partial charge in [-0.15, -0.1) is 0 Å². The van der Waals surface area contributed by atoms with Crippen LogP contribution in [0, 0.1) is 20.8 Å². The van der Waals surface area contributed by atoms with Crippen molar-refractivity contribution in [3.63, 3.8) is 0 Å². The maximum Gasteiger partial charge on any atom is 0.262 e. The molecule has 5 nitrogen and oxygen atoms in total. The molecule has 3 rings (SSSR count). The summed E-state index contributed by atoms with van der Waals surface area (Å²) in [6, 6.07) is 6.11. The highest BCUT2D eigenvalue weighted by Crippen LogP contribution is 2.18. The zero-order valence-corrected chi connectivity index (χ0v) is 11.1. The molecular formula is C14H14N4O. The summed E-state index contributed by atoms with van der Waals surface area (Å²) in [6.45, 7) is 5.83. The molecule has 0 fully saturated rings. The minimum Gasteiger partial charge on any atom is -0.310 e. The van der Waals surface area contributed by atoms with Gasteiger partial charge in [-0.2, -0.15) is 5.10 Å². The fourth-order valence-corrected chi connectivity index (χ4v) is 2.25. The molecule has 3 aromatic rings. The molecule has 5 heteroatoms. The van der Waals surface area contributed by atoms with Crippen molar-refractivity contribution in [2.24, 2.45) is 0 Å². The van der Waals surface area contributed by atoms with E-state index in [0.717, 1.165) is 11.3 Å². The summed E-state index contributed by atoms with van der Waals surface area (Å²) in [7, 11) is 0. The van der Waals surface area contributed by atoms with Gasteiger partial charge in [0.25, 0.3) is 5.56 Å². The van der Waals surface area contributed by atoms with Crippen LogP contribution in [-0.2, 0) is 0 Å². The third-order valence-electron chi connectivity index (χ3n) is 3.14. The van der Waals surface area contributed by atoms with Crippen LogP contribution in [0.25, 0.3) is 16.7 Å². The number of nitrogens with zero attached hydrogens (tertiary/aromatic N) is 3. The maximum atomic E-state index is 11.8. The van der Waals surface area contributed by atoms with E-state index in [1.165, 1.54) is 5.56 Å². The first-order valence-electron chi connectivity index (χ1n) is 6.08. The Morgan fingerprint density at radius 3 is 2.74 bits per heavy atom. The zero-order valence-electron chi connectivity index (χ0n) is 11.1. The molecule has 1 aromatic carbocycles. The number of H-pyrrole nitrogens is 1. The molecule has 0 atom stereocenters. The lowest BCUT2D eigenvalue weighted by Gasteiger charge is -2.07. The van der Waals surface area contributed by atoms with Crippen molar-refractivity contribution in [1.82, 2.24) is 19.7 Å². The van der Waals surface area contributed by atoms with Crippen molar-refractivity contribution in [2.75, 3.05) is 0 Å². The van der Waals surface area contributed by atoms with Crippen molar-refractivity contribution in [3.05, 3.63) is 51.7 Å². The molecule has 0 amide bonds. The Morgan fingerprint density at radius 1 is 1.21 bits per heavy atom. The predicted octanol–water partition coefficient (Wildman–Crippen LogP) is 2.03. The van der Waals surface area contributed by atoms with E-state index in [9.17, 15) is 4.79 Å². The number of nitrogens with one attached hydrogen (secondary N) is 1. The Morgan fingerprint density at radius 2 is 2.00 bits per heavy atom. The number of hydrogen-bond donors (Lipinski definition) is 1. The highest BCUT2D eigenvalue weighted by Gasteiger charge is 2.11. The molecule has 0 unspecified atom stereocenters. The maximum absolute atomic E-state index is 11.8. The molecule has 0 radical (unpaired) electrons. The highest BCUT2D eigenvalue weighted by molar-refractivity contribution is 5.75. The van der Waals surface area contributed by atoms with Crippen LogP contribution in [0.3, 0.4) is 0 Å². The van der Waals surface area contributed by atoms with E-state index < -0.39 is 0 Å². The average molecular weight is 254 g/mol. The average Bonchev–Trinajstić information content (AvgIpc) is 2.73. The molecule has 2 heterocycles. The van der Waals surface area contributed by atoms with E-state index in [1.54, 1.807) is 17.8 Å². The second kappa shape index (κ2) is 4.05. The van der Waals surface area contributed by atoms with Gasteiger partial charge in [0, 0.05) is 0 Å². The van der Waals surface area contributed by atoms with Gasteiger partial charge in [0.2, 0.25) is 0 Å². The molecule has 19 heavy (non-hydrogen) atoms. The third-order valence-corrected chi connectivity index (χ3v) is 3.14. The van der Waals surface area contributed by atoms with Gasteiger partial charge < -0.3 is 4.98 Å². The molecule has 0 aliphatic rings. The molecular weight excluding hydrogens is 240 g/mol. The fraction of sp³-hybridized carbons (Fsp3) is 0.214. The van der Waals surface area contributed by atoms with Gasteiger partial charge in [0.15, 0.2) is 5.65 Å². The van der Waals surface area contributed by atoms with E-state index in [0.29, 0.717) is 16.9 Å². The molecule has 0 bridgehead atoms. The molecule has 96 valence electrons. The summed E-state index contributed by atoms with van der Waals surface area (Å²) in [5, 5.41) is 4.80. The standard InChI is InChI=1S/C14H14N4O/c1-8-4-5-12(9(2)6-8)18-13-11(7-15-18)14(19)17-10(3)16-13/h4-7H,1-3H3,(H,16,17,19). The molecule has 1 N–H and O–H groups in total. The van der Waals surface area contributed by atoms with Crippen molar-refractivity contribution in [3.8, 4) is 5.69 Å². The highest BCUT2D eigenvalue weighted by atomic mass is 16.1. The topological polar surface area (TPSA) is 63.6 Å². The van der Waals surface area contributed by atoms with Gasteiger partial charge in [0.1, 0.15) is 11.2 Å².